The van der Waals surface area contributed by atoms with Gasteiger partial charge in [0, 0.05) is 6.04 Å². The Morgan fingerprint density at radius 3 is 2.78 bits per heavy atom. The second-order valence-corrected chi connectivity index (χ2v) is 4.33. The van der Waals surface area contributed by atoms with E-state index in [9.17, 15) is 9.59 Å². The maximum atomic E-state index is 11.5. The zero-order valence-corrected chi connectivity index (χ0v) is 10.1. The molecule has 0 unspecified atom stereocenters. The van der Waals surface area contributed by atoms with Gasteiger partial charge in [0.25, 0.3) is 5.91 Å². The molecule has 1 N–H and O–H groups in total. The summed E-state index contributed by atoms with van der Waals surface area (Å²) in [5.74, 6) is -0.932. The van der Waals surface area contributed by atoms with Crippen molar-refractivity contribution < 1.29 is 23.8 Å². The van der Waals surface area contributed by atoms with Crippen LogP contribution in [0.3, 0.4) is 0 Å². The van der Waals surface area contributed by atoms with Gasteiger partial charge in [0.2, 0.25) is 5.76 Å². The average molecular weight is 255 g/mol. The summed E-state index contributed by atoms with van der Waals surface area (Å²) in [5, 5.41) is 2.83. The molecule has 1 fully saturated rings. The summed E-state index contributed by atoms with van der Waals surface area (Å²) in [5.41, 5.74) is 0. The van der Waals surface area contributed by atoms with E-state index in [-0.39, 0.29) is 24.3 Å². The molecule has 1 heterocycles. The quantitative estimate of drug-likeness (QED) is 0.739. The third-order valence-electron chi connectivity index (χ3n) is 2.90. The lowest BCUT2D eigenvalue weighted by Crippen LogP contribution is -2.36. The lowest BCUT2D eigenvalue weighted by atomic mass is 10.2. The van der Waals surface area contributed by atoms with Crippen LogP contribution in [0.15, 0.2) is 12.0 Å². The molecule has 6 nitrogen and oxygen atoms in total. The van der Waals surface area contributed by atoms with Crippen molar-refractivity contribution in [1.29, 1.82) is 0 Å². The van der Waals surface area contributed by atoms with E-state index in [1.165, 1.54) is 6.26 Å². The Labute approximate surface area is 105 Å². The van der Waals surface area contributed by atoms with Crippen molar-refractivity contribution in [1.82, 2.24) is 5.32 Å². The van der Waals surface area contributed by atoms with Gasteiger partial charge in [-0.2, -0.15) is 0 Å². The molecule has 0 aromatic rings. The van der Waals surface area contributed by atoms with Gasteiger partial charge in [0.05, 0.1) is 0 Å². The van der Waals surface area contributed by atoms with E-state index >= 15 is 0 Å². The fraction of sp³-hybridized carbons (Fsp3) is 0.667. The van der Waals surface area contributed by atoms with Gasteiger partial charge < -0.3 is 19.5 Å². The minimum Gasteiger partial charge on any atom is -0.493 e. The molecule has 100 valence electrons. The molecule has 2 aliphatic rings. The molecule has 2 rings (SSSR count). The summed E-state index contributed by atoms with van der Waals surface area (Å²) < 4.78 is 14.8. The van der Waals surface area contributed by atoms with Crippen molar-refractivity contribution >= 4 is 11.9 Å². The van der Waals surface area contributed by atoms with Gasteiger partial charge in [-0.05, 0) is 12.8 Å². The van der Waals surface area contributed by atoms with Crippen LogP contribution in [0.2, 0.25) is 0 Å². The number of esters is 1. The molecule has 0 aromatic heterocycles. The van der Waals surface area contributed by atoms with Crippen LogP contribution in [-0.4, -0.2) is 37.7 Å². The molecule has 0 bridgehead atoms. The largest absolute Gasteiger partial charge is 0.493 e. The normalized spacial score (nSPS) is 19.4. The molecule has 18 heavy (non-hydrogen) atoms. The minimum atomic E-state index is -0.670. The molecule has 1 aliphatic heterocycles. The van der Waals surface area contributed by atoms with Gasteiger partial charge in [0.1, 0.15) is 19.5 Å². The van der Waals surface area contributed by atoms with Crippen molar-refractivity contribution in [2.24, 2.45) is 0 Å². The maximum Gasteiger partial charge on any atom is 0.377 e. The Balaban J connectivity index is 1.68. The number of amides is 1. The maximum absolute atomic E-state index is 11.5. The van der Waals surface area contributed by atoms with Crippen molar-refractivity contribution in [2.45, 2.75) is 31.7 Å². The topological polar surface area (TPSA) is 73.9 Å². The van der Waals surface area contributed by atoms with Crippen molar-refractivity contribution in [2.75, 3.05) is 19.8 Å². The van der Waals surface area contributed by atoms with Gasteiger partial charge in [0.15, 0.2) is 6.61 Å². The highest BCUT2D eigenvalue weighted by atomic mass is 16.6. The highest BCUT2D eigenvalue weighted by Crippen LogP contribution is 2.17. The molecule has 0 atom stereocenters. The highest BCUT2D eigenvalue weighted by Gasteiger charge is 2.20. The number of hydrogen-bond acceptors (Lipinski definition) is 5. The summed E-state index contributed by atoms with van der Waals surface area (Å²) >= 11 is 0. The van der Waals surface area contributed by atoms with Crippen LogP contribution in [0.25, 0.3) is 0 Å². The van der Waals surface area contributed by atoms with Crippen LogP contribution in [0.5, 0.6) is 0 Å². The second-order valence-electron chi connectivity index (χ2n) is 4.33. The lowest BCUT2D eigenvalue weighted by molar-refractivity contribution is -0.149. The number of rotatable bonds is 4. The van der Waals surface area contributed by atoms with Crippen molar-refractivity contribution in [3.05, 3.63) is 12.0 Å². The lowest BCUT2D eigenvalue weighted by Gasteiger charge is -2.15. The van der Waals surface area contributed by atoms with Gasteiger partial charge in [-0.15, -0.1) is 0 Å². The van der Waals surface area contributed by atoms with Crippen molar-refractivity contribution in [3.8, 4) is 0 Å². The first-order valence-corrected chi connectivity index (χ1v) is 6.17. The van der Waals surface area contributed by atoms with E-state index in [0.717, 1.165) is 25.7 Å². The molecule has 1 aliphatic carbocycles. The fourth-order valence-corrected chi connectivity index (χ4v) is 2.02. The SMILES string of the molecule is O=C(COC(=O)C1=COCCO1)NC1CCCC1. The van der Waals surface area contributed by atoms with Gasteiger partial charge in [-0.1, -0.05) is 12.8 Å². The predicted molar refractivity (Wildman–Crippen MR) is 61.3 cm³/mol. The first-order chi connectivity index (χ1) is 8.75. The third-order valence-corrected chi connectivity index (χ3v) is 2.90. The minimum absolute atomic E-state index is 0.00918. The predicted octanol–water partition coefficient (Wildman–Crippen LogP) is 0.477. The Bertz CT molecular complexity index is 346. The molecular formula is C12H17NO5. The smallest absolute Gasteiger partial charge is 0.377 e. The Hall–Kier alpha value is -1.72. The first-order valence-electron chi connectivity index (χ1n) is 6.17. The second kappa shape index (κ2) is 6.28. The molecule has 0 radical (unpaired) electrons. The molecule has 0 spiro atoms. The Morgan fingerprint density at radius 1 is 1.33 bits per heavy atom. The highest BCUT2D eigenvalue weighted by molar-refractivity contribution is 5.88. The van der Waals surface area contributed by atoms with E-state index in [0.29, 0.717) is 13.2 Å². The summed E-state index contributed by atoms with van der Waals surface area (Å²) in [7, 11) is 0. The first kappa shape index (κ1) is 12.7. The molecule has 0 aromatic carbocycles. The van der Waals surface area contributed by atoms with Crippen molar-refractivity contribution in [3.63, 3.8) is 0 Å². The van der Waals surface area contributed by atoms with E-state index in [1.54, 1.807) is 0 Å². The molecule has 1 saturated carbocycles. The van der Waals surface area contributed by atoms with E-state index in [1.807, 2.05) is 0 Å². The van der Waals surface area contributed by atoms with Crippen LogP contribution < -0.4 is 5.32 Å². The number of hydrogen-bond donors (Lipinski definition) is 1. The summed E-state index contributed by atoms with van der Waals surface area (Å²) in [6.07, 6.45) is 5.50. The zero-order chi connectivity index (χ0) is 12.8. The number of nitrogens with one attached hydrogen (secondary N) is 1. The van der Waals surface area contributed by atoms with Crippen LogP contribution in [-0.2, 0) is 23.8 Å². The number of carbonyl (C=O) groups excluding carboxylic acids is 2. The third kappa shape index (κ3) is 3.65. The molecule has 1 amide bonds. The van der Waals surface area contributed by atoms with Crippen LogP contribution in [0, 0.1) is 0 Å². The molecular weight excluding hydrogens is 238 g/mol. The average Bonchev–Trinajstić information content (AvgIpc) is 2.90. The van der Waals surface area contributed by atoms with Gasteiger partial charge >= 0.3 is 5.97 Å². The van der Waals surface area contributed by atoms with E-state index in [2.05, 4.69) is 5.32 Å². The monoisotopic (exact) mass is 255 g/mol. The Morgan fingerprint density at radius 2 is 2.11 bits per heavy atom. The standard InChI is InChI=1S/C12H17NO5/c14-11(13-9-3-1-2-4-9)8-18-12(15)10-7-16-5-6-17-10/h7,9H,1-6,8H2,(H,13,14). The van der Waals surface area contributed by atoms with E-state index < -0.39 is 5.97 Å². The summed E-state index contributed by atoms with van der Waals surface area (Å²) in [6.45, 7) is 0.449. The van der Waals surface area contributed by atoms with Crippen LogP contribution in [0.4, 0.5) is 0 Å². The van der Waals surface area contributed by atoms with E-state index in [4.69, 9.17) is 14.2 Å². The molecule has 0 saturated heterocycles. The van der Waals surface area contributed by atoms with Gasteiger partial charge in [-0.25, -0.2) is 4.79 Å². The molecule has 6 heteroatoms. The van der Waals surface area contributed by atoms with Gasteiger partial charge in [-0.3, -0.25) is 4.79 Å². The zero-order valence-electron chi connectivity index (χ0n) is 10.1. The number of carbonyl (C=O) groups is 2. The van der Waals surface area contributed by atoms with Crippen LogP contribution in [0.1, 0.15) is 25.7 Å². The number of ether oxygens (including phenoxy) is 3. The summed E-state index contributed by atoms with van der Waals surface area (Å²) in [4.78, 5) is 23.0. The summed E-state index contributed by atoms with van der Waals surface area (Å²) in [6, 6.07) is 0.227. The van der Waals surface area contributed by atoms with Crippen LogP contribution >= 0.6 is 0 Å². The fourth-order valence-electron chi connectivity index (χ4n) is 2.02. The Kier molecular flexibility index (Phi) is 4.44.